The minimum absolute atomic E-state index is 0.359. The van der Waals surface area contributed by atoms with E-state index in [4.69, 9.17) is 5.11 Å². The third-order valence-electron chi connectivity index (χ3n) is 4.55. The number of piperidine rings is 1. The second-order valence-corrected chi connectivity index (χ2v) is 6.08. The molecule has 0 aromatic heterocycles. The standard InChI is InChI=1S/C15H30N2O/c18-13-5-1-2-8-16-11-6-15(7-12-16)14-17-9-3-4-10-17/h15,18H,1-14H2. The Kier molecular flexibility index (Phi) is 6.46. The maximum absolute atomic E-state index is 8.76. The number of aliphatic hydroxyl groups is 1. The van der Waals surface area contributed by atoms with Crippen molar-refractivity contribution in [3.8, 4) is 0 Å². The lowest BCUT2D eigenvalue weighted by atomic mass is 9.96. The van der Waals surface area contributed by atoms with Crippen LogP contribution in [0.25, 0.3) is 0 Å². The molecule has 106 valence electrons. The van der Waals surface area contributed by atoms with Crippen LogP contribution in [0, 0.1) is 5.92 Å². The van der Waals surface area contributed by atoms with Crippen LogP contribution in [0.15, 0.2) is 0 Å². The van der Waals surface area contributed by atoms with E-state index >= 15 is 0 Å². The van der Waals surface area contributed by atoms with E-state index in [-0.39, 0.29) is 0 Å². The van der Waals surface area contributed by atoms with Crippen LogP contribution in [0.5, 0.6) is 0 Å². The lowest BCUT2D eigenvalue weighted by Crippen LogP contribution is -2.38. The fraction of sp³-hybridized carbons (Fsp3) is 1.00. The normalized spacial score (nSPS) is 23.8. The van der Waals surface area contributed by atoms with Crippen LogP contribution in [0.2, 0.25) is 0 Å². The molecule has 1 N–H and O–H groups in total. The number of hydrogen-bond donors (Lipinski definition) is 1. The summed E-state index contributed by atoms with van der Waals surface area (Å²) in [6.07, 6.45) is 9.06. The zero-order valence-electron chi connectivity index (χ0n) is 11.8. The zero-order chi connectivity index (χ0) is 12.6. The van der Waals surface area contributed by atoms with Crippen molar-refractivity contribution in [3.63, 3.8) is 0 Å². The summed E-state index contributed by atoms with van der Waals surface area (Å²) in [6.45, 7) is 8.27. The first kappa shape index (κ1) is 14.3. The molecule has 3 nitrogen and oxygen atoms in total. The van der Waals surface area contributed by atoms with Gasteiger partial charge >= 0.3 is 0 Å². The summed E-state index contributed by atoms with van der Waals surface area (Å²) in [4.78, 5) is 5.29. The summed E-state index contributed by atoms with van der Waals surface area (Å²) in [5, 5.41) is 8.76. The number of likely N-dealkylation sites (tertiary alicyclic amines) is 2. The van der Waals surface area contributed by atoms with E-state index in [1.807, 2.05) is 0 Å². The van der Waals surface area contributed by atoms with Gasteiger partial charge < -0.3 is 14.9 Å². The highest BCUT2D eigenvalue weighted by Crippen LogP contribution is 2.20. The zero-order valence-corrected chi connectivity index (χ0v) is 11.8. The van der Waals surface area contributed by atoms with E-state index in [1.165, 1.54) is 77.8 Å². The van der Waals surface area contributed by atoms with Gasteiger partial charge in [0.15, 0.2) is 0 Å². The summed E-state index contributed by atoms with van der Waals surface area (Å²) in [5.41, 5.74) is 0. The number of rotatable bonds is 7. The van der Waals surface area contributed by atoms with Crippen molar-refractivity contribution in [2.24, 2.45) is 5.92 Å². The Hall–Kier alpha value is -0.120. The highest BCUT2D eigenvalue weighted by atomic mass is 16.2. The first-order chi connectivity index (χ1) is 8.88. The maximum atomic E-state index is 8.76. The predicted molar refractivity (Wildman–Crippen MR) is 75.8 cm³/mol. The molecule has 2 heterocycles. The van der Waals surface area contributed by atoms with Crippen LogP contribution in [0.1, 0.15) is 44.9 Å². The molecule has 18 heavy (non-hydrogen) atoms. The van der Waals surface area contributed by atoms with Crippen molar-refractivity contribution in [3.05, 3.63) is 0 Å². The summed E-state index contributed by atoms with van der Waals surface area (Å²) < 4.78 is 0. The second kappa shape index (κ2) is 8.13. The fourth-order valence-corrected chi connectivity index (χ4v) is 3.35. The molecule has 0 radical (unpaired) electrons. The van der Waals surface area contributed by atoms with Crippen LogP contribution < -0.4 is 0 Å². The molecule has 2 saturated heterocycles. The van der Waals surface area contributed by atoms with Gasteiger partial charge in [0.1, 0.15) is 0 Å². The monoisotopic (exact) mass is 254 g/mol. The number of unbranched alkanes of at least 4 members (excludes halogenated alkanes) is 2. The largest absolute Gasteiger partial charge is 0.396 e. The quantitative estimate of drug-likeness (QED) is 0.704. The van der Waals surface area contributed by atoms with E-state index in [2.05, 4.69) is 9.80 Å². The van der Waals surface area contributed by atoms with Crippen molar-refractivity contribution in [2.45, 2.75) is 44.9 Å². The first-order valence-electron chi connectivity index (χ1n) is 7.94. The van der Waals surface area contributed by atoms with Gasteiger partial charge in [-0.1, -0.05) is 0 Å². The third kappa shape index (κ3) is 4.87. The molecule has 2 aliphatic heterocycles. The lowest BCUT2D eigenvalue weighted by Gasteiger charge is -2.33. The number of nitrogens with zero attached hydrogens (tertiary/aromatic N) is 2. The van der Waals surface area contributed by atoms with Gasteiger partial charge in [-0.15, -0.1) is 0 Å². The summed E-state index contributed by atoms with van der Waals surface area (Å²) in [6, 6.07) is 0. The predicted octanol–water partition coefficient (Wildman–Crippen LogP) is 1.96. The molecule has 0 bridgehead atoms. The molecule has 0 aliphatic carbocycles. The van der Waals surface area contributed by atoms with Gasteiger partial charge in [0.25, 0.3) is 0 Å². The fourth-order valence-electron chi connectivity index (χ4n) is 3.35. The molecule has 0 atom stereocenters. The molecular weight excluding hydrogens is 224 g/mol. The van der Waals surface area contributed by atoms with Gasteiger partial charge in [-0.3, -0.25) is 0 Å². The van der Waals surface area contributed by atoms with Crippen LogP contribution in [-0.4, -0.2) is 60.8 Å². The van der Waals surface area contributed by atoms with Gasteiger partial charge in [0, 0.05) is 13.2 Å². The Bertz CT molecular complexity index is 209. The van der Waals surface area contributed by atoms with Crippen molar-refractivity contribution in [2.75, 3.05) is 45.9 Å². The van der Waals surface area contributed by atoms with Crippen LogP contribution in [0.4, 0.5) is 0 Å². The van der Waals surface area contributed by atoms with Crippen LogP contribution >= 0.6 is 0 Å². The van der Waals surface area contributed by atoms with E-state index in [0.717, 1.165) is 12.3 Å². The number of hydrogen-bond acceptors (Lipinski definition) is 3. The Labute approximate surface area is 112 Å². The van der Waals surface area contributed by atoms with E-state index in [0.29, 0.717) is 6.61 Å². The minimum Gasteiger partial charge on any atom is -0.396 e. The van der Waals surface area contributed by atoms with Crippen LogP contribution in [-0.2, 0) is 0 Å². The van der Waals surface area contributed by atoms with Crippen molar-refractivity contribution >= 4 is 0 Å². The molecule has 0 saturated carbocycles. The second-order valence-electron chi connectivity index (χ2n) is 6.08. The molecule has 2 rings (SSSR count). The van der Waals surface area contributed by atoms with Crippen LogP contribution in [0.3, 0.4) is 0 Å². The smallest absolute Gasteiger partial charge is 0.0431 e. The third-order valence-corrected chi connectivity index (χ3v) is 4.55. The van der Waals surface area contributed by atoms with E-state index in [1.54, 1.807) is 0 Å². The molecule has 0 aromatic carbocycles. The molecule has 0 amide bonds. The average molecular weight is 254 g/mol. The molecule has 2 fully saturated rings. The summed E-state index contributed by atoms with van der Waals surface area (Å²) >= 11 is 0. The highest BCUT2D eigenvalue weighted by molar-refractivity contribution is 4.77. The van der Waals surface area contributed by atoms with Crippen molar-refractivity contribution in [1.82, 2.24) is 9.80 Å². The molecule has 2 aliphatic rings. The molecule has 0 aromatic rings. The summed E-state index contributed by atoms with van der Waals surface area (Å²) in [7, 11) is 0. The molecule has 0 unspecified atom stereocenters. The van der Waals surface area contributed by atoms with Gasteiger partial charge in [-0.05, 0) is 83.6 Å². The van der Waals surface area contributed by atoms with Gasteiger partial charge in [0.2, 0.25) is 0 Å². The number of aliphatic hydroxyl groups excluding tert-OH is 1. The van der Waals surface area contributed by atoms with E-state index < -0.39 is 0 Å². The Morgan fingerprint density at radius 2 is 1.56 bits per heavy atom. The molecule has 0 spiro atoms. The molecular formula is C15H30N2O. The minimum atomic E-state index is 0.359. The molecule has 3 heteroatoms. The first-order valence-corrected chi connectivity index (χ1v) is 7.94. The van der Waals surface area contributed by atoms with Crippen molar-refractivity contribution in [1.29, 1.82) is 0 Å². The van der Waals surface area contributed by atoms with Crippen molar-refractivity contribution < 1.29 is 5.11 Å². The topological polar surface area (TPSA) is 26.7 Å². The highest BCUT2D eigenvalue weighted by Gasteiger charge is 2.22. The summed E-state index contributed by atoms with van der Waals surface area (Å²) in [5.74, 6) is 0.955. The van der Waals surface area contributed by atoms with Gasteiger partial charge in [-0.2, -0.15) is 0 Å². The maximum Gasteiger partial charge on any atom is 0.0431 e. The Morgan fingerprint density at radius 3 is 2.22 bits per heavy atom. The average Bonchev–Trinajstić information content (AvgIpc) is 2.89. The van der Waals surface area contributed by atoms with Gasteiger partial charge in [0.05, 0.1) is 0 Å². The van der Waals surface area contributed by atoms with E-state index in [9.17, 15) is 0 Å². The Balaban J connectivity index is 1.53. The lowest BCUT2D eigenvalue weighted by molar-refractivity contribution is 0.151. The van der Waals surface area contributed by atoms with Gasteiger partial charge in [-0.25, -0.2) is 0 Å². The SMILES string of the molecule is OCCCCCN1CCC(CN2CCCC2)CC1. The Morgan fingerprint density at radius 1 is 0.833 bits per heavy atom.